The molecule has 0 heterocycles. The van der Waals surface area contributed by atoms with Gasteiger partial charge in [0.2, 0.25) is 0 Å². The predicted octanol–water partition coefficient (Wildman–Crippen LogP) is 2.42. The van der Waals surface area contributed by atoms with Crippen molar-refractivity contribution in [2.24, 2.45) is 0 Å². The molecule has 22 heavy (non-hydrogen) atoms. The van der Waals surface area contributed by atoms with Crippen molar-refractivity contribution in [3.63, 3.8) is 0 Å². The fourth-order valence-electron chi connectivity index (χ4n) is 1.41. The molecule has 6 nitrogen and oxygen atoms in total. The fourth-order valence-corrected chi connectivity index (χ4v) is 1.72. The van der Waals surface area contributed by atoms with E-state index in [2.05, 4.69) is 17.4 Å². The predicted molar refractivity (Wildman–Crippen MR) is 85.8 cm³/mol. The minimum absolute atomic E-state index is 0.0449. The van der Waals surface area contributed by atoms with Crippen LogP contribution in [0.2, 0.25) is 0 Å². The minimum Gasteiger partial charge on any atom is -0.497 e. The van der Waals surface area contributed by atoms with Gasteiger partial charge in [-0.1, -0.05) is 6.07 Å². The molecule has 0 radical (unpaired) electrons. The Kier molecular flexibility index (Phi) is 10.7. The molecule has 1 aromatic carbocycles. The van der Waals surface area contributed by atoms with Crippen molar-refractivity contribution in [3.8, 4) is 11.5 Å². The first-order valence-corrected chi connectivity index (χ1v) is 7.18. The molecule has 0 spiro atoms. The topological polar surface area (TPSA) is 82.1 Å². The molecular weight excluding hydrogens is 308 g/mol. The molecule has 1 rings (SSSR count). The lowest BCUT2D eigenvalue weighted by Gasteiger charge is -2.06. The standard InChI is InChI=1S/C8H10O2.C7H12O4S/c1-9-7-4-3-5-8(6-7)10-2;1-2-11-7(10)4-5(12)3-6(8)9/h3-6H,1-2H3;5,12H,2-4H2,1H3,(H,8,9). The highest BCUT2D eigenvalue weighted by Crippen LogP contribution is 2.17. The summed E-state index contributed by atoms with van der Waals surface area (Å²) < 4.78 is 14.6. The first-order valence-electron chi connectivity index (χ1n) is 6.66. The van der Waals surface area contributed by atoms with E-state index in [1.165, 1.54) is 0 Å². The van der Waals surface area contributed by atoms with Gasteiger partial charge in [0.25, 0.3) is 0 Å². The van der Waals surface area contributed by atoms with Crippen molar-refractivity contribution >= 4 is 24.6 Å². The molecular formula is C15H22O6S. The summed E-state index contributed by atoms with van der Waals surface area (Å²) in [6, 6.07) is 7.47. The number of ether oxygens (including phenoxy) is 3. The van der Waals surface area contributed by atoms with Crippen LogP contribution in [0.15, 0.2) is 24.3 Å². The van der Waals surface area contributed by atoms with Crippen molar-refractivity contribution in [1.29, 1.82) is 0 Å². The van der Waals surface area contributed by atoms with Crippen LogP contribution in [0.3, 0.4) is 0 Å². The quantitative estimate of drug-likeness (QED) is 0.590. The van der Waals surface area contributed by atoms with E-state index in [9.17, 15) is 9.59 Å². The van der Waals surface area contributed by atoms with Crippen LogP contribution in [0.1, 0.15) is 19.8 Å². The van der Waals surface area contributed by atoms with Crippen molar-refractivity contribution < 1.29 is 28.9 Å². The number of methoxy groups -OCH3 is 2. The number of carboxylic acid groups (broad SMARTS) is 1. The number of thiol groups is 1. The first kappa shape index (κ1) is 20.1. The summed E-state index contributed by atoms with van der Waals surface area (Å²) >= 11 is 3.92. The number of carbonyl (C=O) groups is 2. The minimum atomic E-state index is -0.959. The summed E-state index contributed by atoms with van der Waals surface area (Å²) in [6.45, 7) is 2.01. The van der Waals surface area contributed by atoms with E-state index in [4.69, 9.17) is 14.6 Å². The second-order valence-corrected chi connectivity index (χ2v) is 4.87. The second kappa shape index (κ2) is 11.7. The van der Waals surface area contributed by atoms with Gasteiger partial charge in [-0.15, -0.1) is 0 Å². The van der Waals surface area contributed by atoms with Crippen LogP contribution < -0.4 is 9.47 Å². The summed E-state index contributed by atoms with van der Waals surface area (Å²) in [5.41, 5.74) is 0. The third-order valence-corrected chi connectivity index (χ3v) is 2.76. The van der Waals surface area contributed by atoms with Crippen LogP contribution in [0.5, 0.6) is 11.5 Å². The molecule has 0 saturated carbocycles. The molecule has 0 aromatic heterocycles. The fraction of sp³-hybridized carbons (Fsp3) is 0.467. The molecule has 124 valence electrons. The van der Waals surface area contributed by atoms with Gasteiger partial charge in [-0.3, -0.25) is 9.59 Å². The largest absolute Gasteiger partial charge is 0.497 e. The molecule has 0 saturated heterocycles. The lowest BCUT2D eigenvalue weighted by Crippen LogP contribution is -2.14. The van der Waals surface area contributed by atoms with Crippen LogP contribution in [-0.2, 0) is 14.3 Å². The number of hydrogen-bond acceptors (Lipinski definition) is 6. The molecule has 0 fully saturated rings. The zero-order valence-corrected chi connectivity index (χ0v) is 13.8. The second-order valence-electron chi connectivity index (χ2n) is 4.14. The summed E-state index contributed by atoms with van der Waals surface area (Å²) in [7, 11) is 3.27. The zero-order chi connectivity index (χ0) is 17.0. The summed E-state index contributed by atoms with van der Waals surface area (Å²) in [4.78, 5) is 20.9. The molecule has 0 aliphatic rings. The number of esters is 1. The number of carboxylic acids is 1. The average molecular weight is 330 g/mol. The Morgan fingerprint density at radius 2 is 1.73 bits per heavy atom. The van der Waals surface area contributed by atoms with Gasteiger partial charge < -0.3 is 19.3 Å². The molecule has 0 bridgehead atoms. The average Bonchev–Trinajstić information content (AvgIpc) is 2.47. The van der Waals surface area contributed by atoms with Gasteiger partial charge in [0.1, 0.15) is 11.5 Å². The molecule has 7 heteroatoms. The van der Waals surface area contributed by atoms with E-state index in [-0.39, 0.29) is 12.8 Å². The SMILES string of the molecule is CCOC(=O)CC(S)CC(=O)O.COc1cccc(OC)c1. The summed E-state index contributed by atoms with van der Waals surface area (Å²) in [5, 5.41) is 7.87. The highest BCUT2D eigenvalue weighted by Gasteiger charge is 2.13. The molecule has 0 aliphatic carbocycles. The van der Waals surface area contributed by atoms with Crippen LogP contribution in [0.25, 0.3) is 0 Å². The van der Waals surface area contributed by atoms with E-state index in [1.807, 2.05) is 24.3 Å². The Hall–Kier alpha value is -1.89. The Morgan fingerprint density at radius 1 is 1.18 bits per heavy atom. The van der Waals surface area contributed by atoms with Gasteiger partial charge in [-0.05, 0) is 19.1 Å². The van der Waals surface area contributed by atoms with Crippen LogP contribution in [-0.4, -0.2) is 43.1 Å². The Labute approximate surface area is 135 Å². The zero-order valence-electron chi connectivity index (χ0n) is 12.9. The van der Waals surface area contributed by atoms with Crippen molar-refractivity contribution in [3.05, 3.63) is 24.3 Å². The maximum Gasteiger partial charge on any atom is 0.306 e. The van der Waals surface area contributed by atoms with Crippen molar-refractivity contribution in [2.45, 2.75) is 25.0 Å². The highest BCUT2D eigenvalue weighted by molar-refractivity contribution is 7.81. The van der Waals surface area contributed by atoms with E-state index in [0.717, 1.165) is 11.5 Å². The first-order chi connectivity index (χ1) is 10.4. The molecule has 0 aliphatic heterocycles. The Bertz CT molecular complexity index is 444. The number of hydrogen-bond donors (Lipinski definition) is 2. The third kappa shape index (κ3) is 9.93. The maximum atomic E-state index is 10.8. The van der Waals surface area contributed by atoms with E-state index in [0.29, 0.717) is 6.61 Å². The number of aliphatic carboxylic acids is 1. The van der Waals surface area contributed by atoms with Crippen molar-refractivity contribution in [1.82, 2.24) is 0 Å². The molecule has 0 amide bonds. The van der Waals surface area contributed by atoms with Crippen LogP contribution >= 0.6 is 12.6 Å². The number of carbonyl (C=O) groups excluding carboxylic acids is 1. The van der Waals surface area contributed by atoms with Gasteiger partial charge in [-0.2, -0.15) is 12.6 Å². The third-order valence-electron chi connectivity index (χ3n) is 2.39. The number of benzene rings is 1. The van der Waals surface area contributed by atoms with Gasteiger partial charge in [0.15, 0.2) is 0 Å². The van der Waals surface area contributed by atoms with E-state index < -0.39 is 17.2 Å². The molecule has 1 N–H and O–H groups in total. The van der Waals surface area contributed by atoms with Gasteiger partial charge >= 0.3 is 11.9 Å². The lowest BCUT2D eigenvalue weighted by molar-refractivity contribution is -0.143. The summed E-state index contributed by atoms with van der Waals surface area (Å²) in [6.07, 6.45) is -0.0782. The summed E-state index contributed by atoms with van der Waals surface area (Å²) in [5.74, 6) is 0.275. The maximum absolute atomic E-state index is 10.8. The molecule has 1 aromatic rings. The smallest absolute Gasteiger partial charge is 0.306 e. The van der Waals surface area contributed by atoms with Crippen LogP contribution in [0.4, 0.5) is 0 Å². The van der Waals surface area contributed by atoms with Crippen LogP contribution in [0, 0.1) is 0 Å². The Morgan fingerprint density at radius 3 is 2.14 bits per heavy atom. The lowest BCUT2D eigenvalue weighted by atomic mass is 10.2. The normalized spacial score (nSPS) is 10.7. The van der Waals surface area contributed by atoms with Crippen molar-refractivity contribution in [2.75, 3.05) is 20.8 Å². The van der Waals surface area contributed by atoms with Gasteiger partial charge in [-0.25, -0.2) is 0 Å². The van der Waals surface area contributed by atoms with E-state index >= 15 is 0 Å². The highest BCUT2D eigenvalue weighted by atomic mass is 32.1. The number of rotatable bonds is 7. The Balaban J connectivity index is 0.000000406. The van der Waals surface area contributed by atoms with E-state index in [1.54, 1.807) is 21.1 Å². The molecule has 1 unspecified atom stereocenters. The monoisotopic (exact) mass is 330 g/mol. The van der Waals surface area contributed by atoms with Gasteiger partial charge in [0.05, 0.1) is 33.7 Å². The van der Waals surface area contributed by atoms with Gasteiger partial charge in [0, 0.05) is 11.3 Å². The molecule has 1 atom stereocenters.